The van der Waals surface area contributed by atoms with Crippen LogP contribution in [0.25, 0.3) is 0 Å². The molecule has 138 valence electrons. The van der Waals surface area contributed by atoms with Crippen molar-refractivity contribution in [1.29, 1.82) is 0 Å². The fourth-order valence-corrected chi connectivity index (χ4v) is 3.87. The molecule has 0 radical (unpaired) electrons. The molecule has 25 heavy (non-hydrogen) atoms. The number of nitrogens with zero attached hydrogens (tertiary/aromatic N) is 3. The zero-order valence-electron chi connectivity index (χ0n) is 12.6. The van der Waals surface area contributed by atoms with Gasteiger partial charge in [-0.15, -0.1) is 0 Å². The largest absolute Gasteiger partial charge is 0.534 e. The summed E-state index contributed by atoms with van der Waals surface area (Å²) in [5, 5.41) is 9.28. The third kappa shape index (κ3) is 3.10. The zero-order valence-corrected chi connectivity index (χ0v) is 14.3. The van der Waals surface area contributed by atoms with Gasteiger partial charge >= 0.3 is 21.7 Å². The summed E-state index contributed by atoms with van der Waals surface area (Å²) in [6.07, 6.45) is 0.997. The predicted octanol–water partition coefficient (Wildman–Crippen LogP) is 2.02. The number of hydrogen-bond donors (Lipinski definition) is 1. The summed E-state index contributed by atoms with van der Waals surface area (Å²) in [6, 6.07) is -0.656. The van der Waals surface area contributed by atoms with E-state index in [1.807, 2.05) is 0 Å². The van der Waals surface area contributed by atoms with Crippen LogP contribution in [-0.2, 0) is 16.5 Å². The third-order valence-electron chi connectivity index (χ3n) is 4.08. The lowest BCUT2D eigenvalue weighted by atomic mass is 9.88. The number of thioether (sulfide) groups is 1. The van der Waals surface area contributed by atoms with E-state index in [1.165, 1.54) is 0 Å². The van der Waals surface area contributed by atoms with Gasteiger partial charge in [0.25, 0.3) is 0 Å². The summed E-state index contributed by atoms with van der Waals surface area (Å²) in [6.45, 7) is 0.191. The first-order chi connectivity index (χ1) is 11.5. The summed E-state index contributed by atoms with van der Waals surface area (Å²) in [4.78, 5) is 20.4. The standard InChI is InChI=1S/C12H12F3N3O5S2/c1-24-10-16-8-6(2-5-3-7(8)18(4-5)11(19)20)9(17-10)23-25(21,22)12(13,14)15/h5,7H,2-4H2,1H3,(H,19,20)/t5-,7-/m1/s1. The average Bonchev–Trinajstić information content (AvgIpc) is 2.85. The molecule has 2 aliphatic rings. The fraction of sp³-hybridized carbons (Fsp3) is 0.583. The molecular formula is C12H12F3N3O5S2. The van der Waals surface area contributed by atoms with Crippen LogP contribution < -0.4 is 4.18 Å². The van der Waals surface area contributed by atoms with Gasteiger partial charge in [0.1, 0.15) is 0 Å². The first-order valence-electron chi connectivity index (χ1n) is 6.98. The van der Waals surface area contributed by atoms with Crippen LogP contribution in [0.4, 0.5) is 18.0 Å². The Morgan fingerprint density at radius 1 is 1.40 bits per heavy atom. The highest BCUT2D eigenvalue weighted by molar-refractivity contribution is 7.98. The van der Waals surface area contributed by atoms with Crippen LogP contribution in [0, 0.1) is 5.92 Å². The Bertz CT molecular complexity index is 830. The topological polar surface area (TPSA) is 110 Å². The maximum atomic E-state index is 12.6. The summed E-state index contributed by atoms with van der Waals surface area (Å²) in [5.74, 6) is -0.845. The molecule has 1 saturated heterocycles. The first-order valence-corrected chi connectivity index (χ1v) is 9.62. The molecule has 1 aromatic heterocycles. The van der Waals surface area contributed by atoms with Gasteiger partial charge in [-0.1, -0.05) is 11.8 Å². The SMILES string of the molecule is CSc1nc(OS(=O)(=O)C(F)(F)F)c2c(n1)[C@H]1C[C@@H](C2)CN1C(=O)O. The molecule has 1 aliphatic carbocycles. The number of hydrogen-bond acceptors (Lipinski definition) is 7. The molecule has 0 aromatic carbocycles. The summed E-state index contributed by atoms with van der Waals surface area (Å²) in [5.41, 5.74) is -5.29. The quantitative estimate of drug-likeness (QED) is 0.356. The van der Waals surface area contributed by atoms with Crippen LogP contribution in [0.3, 0.4) is 0 Å². The maximum absolute atomic E-state index is 12.6. The second-order valence-electron chi connectivity index (χ2n) is 5.62. The van der Waals surface area contributed by atoms with Crippen LogP contribution >= 0.6 is 11.8 Å². The van der Waals surface area contributed by atoms with E-state index < -0.39 is 33.6 Å². The van der Waals surface area contributed by atoms with Crippen LogP contribution in [-0.4, -0.2) is 52.8 Å². The van der Waals surface area contributed by atoms with Gasteiger partial charge in [0.2, 0.25) is 5.88 Å². The molecule has 0 saturated carbocycles. The van der Waals surface area contributed by atoms with Crippen molar-refractivity contribution in [3.63, 3.8) is 0 Å². The molecule has 2 heterocycles. The normalized spacial score (nSPS) is 22.6. The van der Waals surface area contributed by atoms with E-state index in [9.17, 15) is 31.5 Å². The third-order valence-corrected chi connectivity index (χ3v) is 5.57. The minimum atomic E-state index is -5.88. The van der Waals surface area contributed by atoms with E-state index in [4.69, 9.17) is 0 Å². The van der Waals surface area contributed by atoms with Crippen molar-refractivity contribution in [2.24, 2.45) is 5.92 Å². The molecule has 8 nitrogen and oxygen atoms in total. The number of carboxylic acid groups (broad SMARTS) is 1. The maximum Gasteiger partial charge on any atom is 0.534 e. The van der Waals surface area contributed by atoms with E-state index in [0.717, 1.165) is 16.7 Å². The van der Waals surface area contributed by atoms with E-state index in [0.29, 0.717) is 6.42 Å². The second kappa shape index (κ2) is 5.90. The summed E-state index contributed by atoms with van der Waals surface area (Å²) in [7, 11) is -5.88. The number of rotatable bonds is 3. The van der Waals surface area contributed by atoms with Crippen molar-refractivity contribution in [1.82, 2.24) is 14.9 Å². The molecule has 2 atom stereocenters. The Balaban J connectivity index is 2.09. The van der Waals surface area contributed by atoms with Crippen molar-refractivity contribution in [2.45, 2.75) is 29.5 Å². The lowest BCUT2D eigenvalue weighted by molar-refractivity contribution is -0.0502. The molecule has 13 heteroatoms. The Morgan fingerprint density at radius 3 is 2.64 bits per heavy atom. The number of alkyl halides is 3. The average molecular weight is 399 g/mol. The Labute approximate surface area is 144 Å². The summed E-state index contributed by atoms with van der Waals surface area (Å²) >= 11 is 0.981. The lowest BCUT2D eigenvalue weighted by Gasteiger charge is -2.25. The minimum Gasteiger partial charge on any atom is -0.465 e. The van der Waals surface area contributed by atoms with Crippen molar-refractivity contribution in [3.05, 3.63) is 11.3 Å². The van der Waals surface area contributed by atoms with E-state index in [2.05, 4.69) is 14.2 Å². The van der Waals surface area contributed by atoms with Gasteiger partial charge in [-0.2, -0.15) is 26.6 Å². The Hall–Kier alpha value is -1.76. The minimum absolute atomic E-state index is 0.00168. The smallest absolute Gasteiger partial charge is 0.465 e. The summed E-state index contributed by atoms with van der Waals surface area (Å²) < 4.78 is 64.8. The van der Waals surface area contributed by atoms with E-state index in [1.54, 1.807) is 6.26 Å². The van der Waals surface area contributed by atoms with Crippen LogP contribution in [0.2, 0.25) is 0 Å². The van der Waals surface area contributed by atoms with Gasteiger partial charge in [-0.25, -0.2) is 9.78 Å². The number of amides is 1. The van der Waals surface area contributed by atoms with E-state index >= 15 is 0 Å². The van der Waals surface area contributed by atoms with Crippen molar-refractivity contribution in [2.75, 3.05) is 12.8 Å². The molecule has 1 aromatic rings. The molecule has 0 unspecified atom stereocenters. The van der Waals surface area contributed by atoms with Crippen molar-refractivity contribution < 1.29 is 35.7 Å². The Kier molecular flexibility index (Phi) is 4.26. The number of halogens is 3. The molecule has 1 fully saturated rings. The number of likely N-dealkylation sites (tertiary alicyclic amines) is 1. The van der Waals surface area contributed by atoms with Gasteiger partial charge in [0.15, 0.2) is 5.16 Å². The van der Waals surface area contributed by atoms with Gasteiger partial charge < -0.3 is 9.29 Å². The van der Waals surface area contributed by atoms with Crippen molar-refractivity contribution >= 4 is 28.0 Å². The number of carbonyl (C=O) groups is 1. The zero-order chi connectivity index (χ0) is 18.6. The molecule has 1 aliphatic heterocycles. The van der Waals surface area contributed by atoms with Crippen LogP contribution in [0.15, 0.2) is 5.16 Å². The van der Waals surface area contributed by atoms with Gasteiger partial charge in [0.05, 0.1) is 11.7 Å². The predicted molar refractivity (Wildman–Crippen MR) is 78.7 cm³/mol. The fourth-order valence-electron chi connectivity index (χ4n) is 3.07. The second-order valence-corrected chi connectivity index (χ2v) is 7.93. The molecule has 2 bridgehead atoms. The number of aromatic nitrogens is 2. The Morgan fingerprint density at radius 2 is 2.08 bits per heavy atom. The van der Waals surface area contributed by atoms with Crippen LogP contribution in [0.1, 0.15) is 23.7 Å². The molecular weight excluding hydrogens is 387 g/mol. The highest BCUT2D eigenvalue weighted by Gasteiger charge is 2.50. The van der Waals surface area contributed by atoms with Gasteiger partial charge in [0, 0.05) is 12.1 Å². The van der Waals surface area contributed by atoms with Crippen molar-refractivity contribution in [3.8, 4) is 5.88 Å². The number of fused-ring (bicyclic) bond motifs is 4. The lowest BCUT2D eigenvalue weighted by Crippen LogP contribution is -2.31. The molecule has 1 amide bonds. The van der Waals surface area contributed by atoms with Crippen LogP contribution in [0.5, 0.6) is 5.88 Å². The molecule has 3 rings (SSSR count). The van der Waals surface area contributed by atoms with Gasteiger partial charge in [-0.3, -0.25) is 4.90 Å². The highest BCUT2D eigenvalue weighted by atomic mass is 32.2. The molecule has 0 spiro atoms. The van der Waals surface area contributed by atoms with E-state index in [-0.39, 0.29) is 35.3 Å². The van der Waals surface area contributed by atoms with Gasteiger partial charge in [-0.05, 0) is 25.0 Å². The first kappa shape index (κ1) is 18.0. The molecule has 1 N–H and O–H groups in total. The monoisotopic (exact) mass is 399 g/mol. The highest BCUT2D eigenvalue weighted by Crippen LogP contribution is 2.46.